The van der Waals surface area contributed by atoms with Crippen molar-refractivity contribution in [1.82, 2.24) is 9.78 Å². The van der Waals surface area contributed by atoms with E-state index in [1.54, 1.807) is 43.2 Å². The number of carbonyl (C=O) groups excluding carboxylic acids is 1. The smallest absolute Gasteiger partial charge is 0.257 e. The second kappa shape index (κ2) is 9.77. The van der Waals surface area contributed by atoms with Crippen LogP contribution in [-0.4, -0.2) is 35.5 Å². The highest BCUT2D eigenvalue weighted by Gasteiger charge is 2.12. The molecule has 1 heterocycles. The Morgan fingerprint density at radius 3 is 2.53 bits per heavy atom. The molecule has 2 aromatic carbocycles. The molecular weight excluding hydrogens is 378 g/mol. The second-order valence-corrected chi connectivity index (χ2v) is 7.07. The minimum atomic E-state index is -0.281. The fraction of sp³-hybridized carbons (Fsp3) is 0.250. The summed E-state index contributed by atoms with van der Waals surface area (Å²) < 4.78 is 12.7. The summed E-state index contributed by atoms with van der Waals surface area (Å²) in [6.45, 7) is 4.38. The molecule has 154 valence electrons. The van der Waals surface area contributed by atoms with Gasteiger partial charge in [0.2, 0.25) is 0 Å². The first kappa shape index (κ1) is 21.2. The van der Waals surface area contributed by atoms with Crippen LogP contribution in [0.4, 0.5) is 5.82 Å². The van der Waals surface area contributed by atoms with Crippen LogP contribution in [0.25, 0.3) is 0 Å². The lowest BCUT2D eigenvalue weighted by Crippen LogP contribution is -2.19. The third-order valence-electron chi connectivity index (χ3n) is 4.27. The first-order chi connectivity index (χ1) is 14.4. The molecule has 6 heteroatoms. The van der Waals surface area contributed by atoms with Gasteiger partial charge in [0.15, 0.2) is 5.82 Å². The summed E-state index contributed by atoms with van der Waals surface area (Å²) in [6, 6.07) is 15.0. The maximum atomic E-state index is 12.8. The number of anilines is 1. The Labute approximate surface area is 176 Å². The zero-order valence-corrected chi connectivity index (χ0v) is 17.6. The Kier molecular flexibility index (Phi) is 6.89. The van der Waals surface area contributed by atoms with Gasteiger partial charge in [0.1, 0.15) is 11.9 Å². The van der Waals surface area contributed by atoms with Crippen molar-refractivity contribution in [2.45, 2.75) is 20.0 Å². The zero-order valence-electron chi connectivity index (χ0n) is 17.6. The molecule has 6 nitrogen and oxygen atoms in total. The van der Waals surface area contributed by atoms with Crippen molar-refractivity contribution in [3.63, 3.8) is 0 Å². The molecule has 1 amide bonds. The van der Waals surface area contributed by atoms with E-state index in [-0.39, 0.29) is 12.0 Å². The number of ether oxygens (including phenoxy) is 2. The highest BCUT2D eigenvalue weighted by atomic mass is 16.5. The largest absolute Gasteiger partial charge is 0.488 e. The van der Waals surface area contributed by atoms with Crippen LogP contribution in [0.1, 0.15) is 34.0 Å². The molecular formula is C24H25N3O3. The van der Waals surface area contributed by atoms with Crippen molar-refractivity contribution in [3.8, 4) is 17.6 Å². The normalized spacial score (nSPS) is 11.3. The van der Waals surface area contributed by atoms with Gasteiger partial charge in [-0.2, -0.15) is 5.10 Å². The molecule has 0 aliphatic rings. The summed E-state index contributed by atoms with van der Waals surface area (Å²) in [4.78, 5) is 12.8. The van der Waals surface area contributed by atoms with Gasteiger partial charge >= 0.3 is 0 Å². The maximum Gasteiger partial charge on any atom is 0.257 e. The van der Waals surface area contributed by atoms with E-state index in [9.17, 15) is 4.79 Å². The van der Waals surface area contributed by atoms with E-state index in [0.29, 0.717) is 29.3 Å². The molecule has 0 bridgehead atoms. The van der Waals surface area contributed by atoms with Gasteiger partial charge in [0, 0.05) is 43.1 Å². The molecule has 3 rings (SSSR count). The Hall–Kier alpha value is -3.56. The summed E-state index contributed by atoms with van der Waals surface area (Å²) in [7, 11) is 3.41. The molecule has 1 aromatic heterocycles. The third kappa shape index (κ3) is 5.97. The quantitative estimate of drug-likeness (QED) is 0.636. The fourth-order valence-electron chi connectivity index (χ4n) is 2.82. The predicted octanol–water partition coefficient (Wildman–Crippen LogP) is 3.79. The monoisotopic (exact) mass is 403 g/mol. The molecule has 0 spiro atoms. The molecule has 1 atom stereocenters. The topological polar surface area (TPSA) is 65.4 Å². The Morgan fingerprint density at radius 1 is 1.13 bits per heavy atom. The Balaban J connectivity index is 1.89. The van der Waals surface area contributed by atoms with E-state index >= 15 is 0 Å². The lowest BCUT2D eigenvalue weighted by Gasteiger charge is -2.15. The van der Waals surface area contributed by atoms with E-state index < -0.39 is 0 Å². The van der Waals surface area contributed by atoms with E-state index in [2.05, 4.69) is 22.3 Å². The first-order valence-corrected chi connectivity index (χ1v) is 9.63. The van der Waals surface area contributed by atoms with Crippen LogP contribution < -0.4 is 10.1 Å². The summed E-state index contributed by atoms with van der Waals surface area (Å²) in [5.74, 6) is 7.02. The van der Waals surface area contributed by atoms with Crippen LogP contribution in [0.15, 0.2) is 54.7 Å². The van der Waals surface area contributed by atoms with Gasteiger partial charge < -0.3 is 14.8 Å². The van der Waals surface area contributed by atoms with Crippen molar-refractivity contribution in [3.05, 3.63) is 77.0 Å². The van der Waals surface area contributed by atoms with Crippen molar-refractivity contribution in [2.24, 2.45) is 7.05 Å². The summed E-state index contributed by atoms with van der Waals surface area (Å²) in [5, 5.41) is 6.98. The van der Waals surface area contributed by atoms with Crippen molar-refractivity contribution in [1.29, 1.82) is 0 Å². The van der Waals surface area contributed by atoms with Crippen LogP contribution in [0.3, 0.4) is 0 Å². The number of hydrogen-bond donors (Lipinski definition) is 1. The van der Waals surface area contributed by atoms with Crippen molar-refractivity contribution < 1.29 is 14.3 Å². The minimum Gasteiger partial charge on any atom is -0.488 e. The Morgan fingerprint density at radius 2 is 1.87 bits per heavy atom. The number of hydrogen-bond acceptors (Lipinski definition) is 4. The minimum absolute atomic E-state index is 0.165. The second-order valence-electron chi connectivity index (χ2n) is 7.07. The van der Waals surface area contributed by atoms with Crippen LogP contribution in [0, 0.1) is 18.8 Å². The lowest BCUT2D eigenvalue weighted by molar-refractivity contribution is 0.0917. The molecule has 3 aromatic rings. The maximum absolute atomic E-state index is 12.8. The molecule has 0 radical (unpaired) electrons. The molecule has 1 N–H and O–H groups in total. The van der Waals surface area contributed by atoms with Gasteiger partial charge in [-0.05, 0) is 44.2 Å². The number of methoxy groups -OCH3 is 1. The number of nitrogens with zero attached hydrogens (tertiary/aromatic N) is 2. The molecule has 0 aliphatic carbocycles. The van der Waals surface area contributed by atoms with Gasteiger partial charge in [-0.15, -0.1) is 0 Å². The number of rotatable bonds is 6. The van der Waals surface area contributed by atoms with E-state index in [4.69, 9.17) is 9.47 Å². The van der Waals surface area contributed by atoms with Gasteiger partial charge in [0.25, 0.3) is 5.91 Å². The summed E-state index contributed by atoms with van der Waals surface area (Å²) >= 11 is 0. The number of nitrogens with one attached hydrogen (secondary N) is 1. The van der Waals surface area contributed by atoms with Gasteiger partial charge in [-0.3, -0.25) is 9.48 Å². The zero-order chi connectivity index (χ0) is 21.5. The summed E-state index contributed by atoms with van der Waals surface area (Å²) in [5.41, 5.74) is 3.20. The molecule has 30 heavy (non-hydrogen) atoms. The fourth-order valence-corrected chi connectivity index (χ4v) is 2.82. The average Bonchev–Trinajstić information content (AvgIpc) is 3.12. The number of aryl methyl sites for hydroxylation is 2. The average molecular weight is 403 g/mol. The van der Waals surface area contributed by atoms with Crippen molar-refractivity contribution >= 4 is 11.7 Å². The molecule has 0 unspecified atom stereocenters. The number of amides is 1. The van der Waals surface area contributed by atoms with E-state index in [1.165, 1.54) is 5.56 Å². The molecule has 0 saturated carbocycles. The van der Waals surface area contributed by atoms with Crippen LogP contribution in [0.5, 0.6) is 5.75 Å². The number of carbonyl (C=O) groups is 1. The number of benzene rings is 2. The van der Waals surface area contributed by atoms with Gasteiger partial charge in [-0.1, -0.05) is 29.5 Å². The Bertz CT molecular complexity index is 1080. The highest BCUT2D eigenvalue weighted by Crippen LogP contribution is 2.20. The lowest BCUT2D eigenvalue weighted by atomic mass is 10.1. The number of aromatic nitrogens is 2. The van der Waals surface area contributed by atoms with Crippen LogP contribution in [0.2, 0.25) is 0 Å². The van der Waals surface area contributed by atoms with E-state index in [1.807, 2.05) is 44.2 Å². The SMILES string of the molecule is COC[C@H](C)Oc1cc(C#Cc2ccc(C)cc2)cc(C(=O)Nc2ccn(C)n2)c1. The van der Waals surface area contributed by atoms with Gasteiger partial charge in [0.05, 0.1) is 6.61 Å². The molecule has 0 saturated heterocycles. The standard InChI is InChI=1S/C24H25N3O3/c1-17-5-7-19(8-6-17)9-10-20-13-21(15-22(14-20)30-18(2)16-29-4)24(28)25-23-11-12-27(3)26-23/h5-8,11-15,18H,16H2,1-4H3,(H,25,26,28)/t18-/m0/s1. The van der Waals surface area contributed by atoms with Crippen LogP contribution in [-0.2, 0) is 11.8 Å². The third-order valence-corrected chi connectivity index (χ3v) is 4.27. The molecule has 0 aliphatic heterocycles. The predicted molar refractivity (Wildman–Crippen MR) is 117 cm³/mol. The summed E-state index contributed by atoms with van der Waals surface area (Å²) in [6.07, 6.45) is 1.60. The van der Waals surface area contributed by atoms with Crippen molar-refractivity contribution in [2.75, 3.05) is 19.0 Å². The highest BCUT2D eigenvalue weighted by molar-refractivity contribution is 6.04. The van der Waals surface area contributed by atoms with E-state index in [0.717, 1.165) is 5.56 Å². The van der Waals surface area contributed by atoms with Crippen LogP contribution >= 0.6 is 0 Å². The van der Waals surface area contributed by atoms with Gasteiger partial charge in [-0.25, -0.2) is 0 Å². The first-order valence-electron chi connectivity index (χ1n) is 9.63. The molecule has 0 fully saturated rings.